The van der Waals surface area contributed by atoms with E-state index in [2.05, 4.69) is 24.5 Å². The van der Waals surface area contributed by atoms with Gasteiger partial charge in [0.05, 0.1) is 0 Å². The molecule has 1 aliphatic heterocycles. The quantitative estimate of drug-likeness (QED) is 0.744. The SMILES string of the molecule is CCC1(NCC2(C)CCCNC2)CCC1. The van der Waals surface area contributed by atoms with Gasteiger partial charge in [-0.05, 0) is 50.5 Å². The molecule has 2 rings (SSSR count). The van der Waals surface area contributed by atoms with Crippen molar-refractivity contribution in [1.29, 1.82) is 0 Å². The molecule has 2 N–H and O–H groups in total. The normalized spacial score (nSPS) is 34.8. The molecule has 0 amide bonds. The third-order valence-electron chi connectivity index (χ3n) is 4.56. The largest absolute Gasteiger partial charge is 0.316 e. The van der Waals surface area contributed by atoms with Crippen molar-refractivity contribution >= 4 is 0 Å². The highest BCUT2D eigenvalue weighted by molar-refractivity contribution is 4.97. The lowest BCUT2D eigenvalue weighted by molar-refractivity contribution is 0.132. The van der Waals surface area contributed by atoms with E-state index in [4.69, 9.17) is 0 Å². The van der Waals surface area contributed by atoms with Crippen LogP contribution in [0, 0.1) is 5.41 Å². The third kappa shape index (κ3) is 2.54. The van der Waals surface area contributed by atoms with Crippen LogP contribution in [-0.4, -0.2) is 25.2 Å². The van der Waals surface area contributed by atoms with Gasteiger partial charge in [0, 0.05) is 18.6 Å². The summed E-state index contributed by atoms with van der Waals surface area (Å²) in [6, 6.07) is 0. The summed E-state index contributed by atoms with van der Waals surface area (Å²) in [6.07, 6.45) is 8.25. The third-order valence-corrected chi connectivity index (χ3v) is 4.56. The summed E-state index contributed by atoms with van der Waals surface area (Å²) in [5.74, 6) is 0. The van der Waals surface area contributed by atoms with Gasteiger partial charge in [-0.3, -0.25) is 0 Å². The number of hydrogen-bond acceptors (Lipinski definition) is 2. The van der Waals surface area contributed by atoms with Crippen LogP contribution in [0.15, 0.2) is 0 Å². The van der Waals surface area contributed by atoms with Crippen molar-refractivity contribution in [3.8, 4) is 0 Å². The maximum Gasteiger partial charge on any atom is 0.0179 e. The minimum Gasteiger partial charge on any atom is -0.316 e. The van der Waals surface area contributed by atoms with Gasteiger partial charge in [0.15, 0.2) is 0 Å². The van der Waals surface area contributed by atoms with Crippen molar-refractivity contribution < 1.29 is 0 Å². The first-order valence-corrected chi connectivity index (χ1v) is 6.64. The molecule has 15 heavy (non-hydrogen) atoms. The van der Waals surface area contributed by atoms with Crippen molar-refractivity contribution in [2.75, 3.05) is 19.6 Å². The Morgan fingerprint density at radius 1 is 1.20 bits per heavy atom. The highest BCUT2D eigenvalue weighted by atomic mass is 15.0. The fourth-order valence-corrected chi connectivity index (χ4v) is 2.93. The lowest BCUT2D eigenvalue weighted by Crippen LogP contribution is -2.55. The molecule has 2 fully saturated rings. The summed E-state index contributed by atoms with van der Waals surface area (Å²) in [4.78, 5) is 0. The van der Waals surface area contributed by atoms with Crippen LogP contribution in [0.4, 0.5) is 0 Å². The van der Waals surface area contributed by atoms with E-state index in [1.54, 1.807) is 0 Å². The summed E-state index contributed by atoms with van der Waals surface area (Å²) in [7, 11) is 0. The van der Waals surface area contributed by atoms with Gasteiger partial charge in [-0.15, -0.1) is 0 Å². The molecule has 2 heteroatoms. The van der Waals surface area contributed by atoms with Gasteiger partial charge in [-0.2, -0.15) is 0 Å². The van der Waals surface area contributed by atoms with Crippen molar-refractivity contribution in [2.45, 2.75) is 57.9 Å². The maximum absolute atomic E-state index is 3.85. The topological polar surface area (TPSA) is 24.1 Å². The molecule has 2 nitrogen and oxygen atoms in total. The molecule has 1 unspecified atom stereocenters. The molecule has 0 aromatic heterocycles. The Morgan fingerprint density at radius 2 is 2.00 bits per heavy atom. The molecular weight excluding hydrogens is 184 g/mol. The molecule has 0 radical (unpaired) electrons. The van der Waals surface area contributed by atoms with E-state index in [0.29, 0.717) is 11.0 Å². The van der Waals surface area contributed by atoms with Crippen LogP contribution in [-0.2, 0) is 0 Å². The van der Waals surface area contributed by atoms with E-state index < -0.39 is 0 Å². The monoisotopic (exact) mass is 210 g/mol. The van der Waals surface area contributed by atoms with Gasteiger partial charge in [0.25, 0.3) is 0 Å². The Bertz CT molecular complexity index is 197. The summed E-state index contributed by atoms with van der Waals surface area (Å²) in [5.41, 5.74) is 1.01. The molecule has 2 aliphatic rings. The standard InChI is InChI=1S/C13H26N2/c1-3-13(7-4-8-13)15-11-12(2)6-5-9-14-10-12/h14-15H,3-11H2,1-2H3. The molecule has 0 aromatic carbocycles. The van der Waals surface area contributed by atoms with E-state index in [1.165, 1.54) is 58.2 Å². The minimum atomic E-state index is 0.496. The van der Waals surface area contributed by atoms with E-state index in [1.807, 2.05) is 0 Å². The zero-order chi connectivity index (χ0) is 10.8. The van der Waals surface area contributed by atoms with Crippen LogP contribution in [0.2, 0.25) is 0 Å². The maximum atomic E-state index is 3.85. The van der Waals surface area contributed by atoms with Crippen LogP contribution in [0.25, 0.3) is 0 Å². The zero-order valence-electron chi connectivity index (χ0n) is 10.4. The van der Waals surface area contributed by atoms with E-state index in [-0.39, 0.29) is 0 Å². The number of nitrogens with one attached hydrogen (secondary N) is 2. The molecule has 1 heterocycles. The second kappa shape index (κ2) is 4.42. The van der Waals surface area contributed by atoms with Gasteiger partial charge in [-0.25, -0.2) is 0 Å². The first kappa shape index (κ1) is 11.4. The lowest BCUT2D eigenvalue weighted by atomic mass is 9.73. The van der Waals surface area contributed by atoms with E-state index in [9.17, 15) is 0 Å². The molecule has 1 saturated heterocycles. The molecule has 1 saturated carbocycles. The molecule has 88 valence electrons. The van der Waals surface area contributed by atoms with Gasteiger partial charge >= 0.3 is 0 Å². The minimum absolute atomic E-state index is 0.496. The Morgan fingerprint density at radius 3 is 2.47 bits per heavy atom. The summed E-state index contributed by atoms with van der Waals surface area (Å²) >= 11 is 0. The molecular formula is C13H26N2. The second-order valence-corrected chi connectivity index (χ2v) is 5.93. The highest BCUT2D eigenvalue weighted by Crippen LogP contribution is 2.36. The molecule has 0 aromatic rings. The average Bonchev–Trinajstić information content (AvgIpc) is 2.18. The summed E-state index contributed by atoms with van der Waals surface area (Å²) in [6.45, 7) is 8.37. The van der Waals surface area contributed by atoms with Gasteiger partial charge in [-0.1, -0.05) is 13.8 Å². The fraction of sp³-hybridized carbons (Fsp3) is 1.00. The van der Waals surface area contributed by atoms with Crippen molar-refractivity contribution in [1.82, 2.24) is 10.6 Å². The predicted molar refractivity (Wildman–Crippen MR) is 65.1 cm³/mol. The lowest BCUT2D eigenvalue weighted by Gasteiger charge is -2.45. The number of piperidine rings is 1. The smallest absolute Gasteiger partial charge is 0.0179 e. The Kier molecular flexibility index (Phi) is 3.36. The highest BCUT2D eigenvalue weighted by Gasteiger charge is 2.37. The number of rotatable bonds is 4. The Labute approximate surface area is 94.2 Å². The van der Waals surface area contributed by atoms with E-state index in [0.717, 1.165) is 0 Å². The second-order valence-electron chi connectivity index (χ2n) is 5.93. The predicted octanol–water partition coefficient (Wildman–Crippen LogP) is 2.30. The van der Waals surface area contributed by atoms with E-state index >= 15 is 0 Å². The van der Waals surface area contributed by atoms with Crippen LogP contribution in [0.5, 0.6) is 0 Å². The fourth-order valence-electron chi connectivity index (χ4n) is 2.93. The van der Waals surface area contributed by atoms with Gasteiger partial charge in [0.1, 0.15) is 0 Å². The number of hydrogen-bond donors (Lipinski definition) is 2. The molecule has 1 atom stereocenters. The van der Waals surface area contributed by atoms with Crippen LogP contribution < -0.4 is 10.6 Å². The molecule has 0 bridgehead atoms. The Hall–Kier alpha value is -0.0800. The van der Waals surface area contributed by atoms with Gasteiger partial charge < -0.3 is 10.6 Å². The first-order valence-electron chi connectivity index (χ1n) is 6.64. The van der Waals surface area contributed by atoms with Crippen LogP contribution in [0.3, 0.4) is 0 Å². The van der Waals surface area contributed by atoms with Crippen molar-refractivity contribution in [3.05, 3.63) is 0 Å². The average molecular weight is 210 g/mol. The van der Waals surface area contributed by atoms with Crippen LogP contribution in [0.1, 0.15) is 52.4 Å². The Balaban J connectivity index is 1.80. The van der Waals surface area contributed by atoms with Crippen molar-refractivity contribution in [3.63, 3.8) is 0 Å². The van der Waals surface area contributed by atoms with Crippen molar-refractivity contribution in [2.24, 2.45) is 5.41 Å². The molecule has 1 aliphatic carbocycles. The van der Waals surface area contributed by atoms with Gasteiger partial charge in [0.2, 0.25) is 0 Å². The summed E-state index contributed by atoms with van der Waals surface area (Å²) in [5, 5.41) is 7.38. The summed E-state index contributed by atoms with van der Waals surface area (Å²) < 4.78 is 0. The molecule has 0 spiro atoms. The van der Waals surface area contributed by atoms with Crippen LogP contribution >= 0.6 is 0 Å². The first-order chi connectivity index (χ1) is 7.18. The zero-order valence-corrected chi connectivity index (χ0v) is 10.4.